The van der Waals surface area contributed by atoms with E-state index in [0.717, 1.165) is 31.2 Å². The van der Waals surface area contributed by atoms with Gasteiger partial charge >= 0.3 is 0 Å². The van der Waals surface area contributed by atoms with Crippen molar-refractivity contribution in [3.05, 3.63) is 139 Å². The second kappa shape index (κ2) is 17.8. The molecule has 1 fully saturated rings. The molecule has 0 radical (unpaired) electrons. The lowest BCUT2D eigenvalue weighted by molar-refractivity contribution is 0.123. The molecule has 1 atom stereocenters. The molecule has 0 spiro atoms. The van der Waals surface area contributed by atoms with Crippen LogP contribution in [0.1, 0.15) is 238 Å². The van der Waals surface area contributed by atoms with Gasteiger partial charge < -0.3 is 9.80 Å². The molecular formula is C75H93BN2S. The highest BCUT2D eigenvalue weighted by Gasteiger charge is 2.53. The van der Waals surface area contributed by atoms with E-state index in [1.165, 1.54) is 143 Å². The van der Waals surface area contributed by atoms with Gasteiger partial charge in [0, 0.05) is 43.5 Å². The maximum Gasteiger partial charge on any atom is 0.264 e. The first-order valence-corrected chi connectivity index (χ1v) is 31.7. The van der Waals surface area contributed by atoms with Crippen LogP contribution in [0.2, 0.25) is 0 Å². The van der Waals surface area contributed by atoms with Crippen molar-refractivity contribution in [1.29, 1.82) is 0 Å². The van der Waals surface area contributed by atoms with Gasteiger partial charge in [0.15, 0.2) is 0 Å². The largest absolute Gasteiger partial charge is 0.311 e. The van der Waals surface area contributed by atoms with Crippen molar-refractivity contribution in [3.8, 4) is 11.1 Å². The molecule has 12 rings (SSSR count). The number of benzene rings is 4. The summed E-state index contributed by atoms with van der Waals surface area (Å²) in [5.41, 5.74) is 28.7. The minimum Gasteiger partial charge on any atom is -0.311 e. The Morgan fingerprint density at radius 1 is 0.646 bits per heavy atom. The molecule has 4 heteroatoms. The smallest absolute Gasteiger partial charge is 0.264 e. The van der Waals surface area contributed by atoms with Crippen LogP contribution in [0.5, 0.6) is 0 Å². The van der Waals surface area contributed by atoms with Gasteiger partial charge in [0.05, 0.1) is 11.4 Å². The third kappa shape index (κ3) is 8.35. The monoisotopic (exact) mass is 1060 g/mol. The number of hydrogen-bond donors (Lipinski definition) is 0. The van der Waals surface area contributed by atoms with Crippen LogP contribution in [-0.2, 0) is 45.3 Å². The van der Waals surface area contributed by atoms with Crippen molar-refractivity contribution in [1.82, 2.24) is 0 Å². The fourth-order valence-corrected chi connectivity index (χ4v) is 17.7. The first-order valence-electron chi connectivity index (χ1n) is 30.9. The van der Waals surface area contributed by atoms with Gasteiger partial charge in [-0.05, 0) is 230 Å². The Morgan fingerprint density at radius 2 is 1.23 bits per heavy atom. The number of fused-ring (bicyclic) bond motifs is 9. The van der Waals surface area contributed by atoms with Gasteiger partial charge in [0.1, 0.15) is 0 Å². The molecule has 2 nitrogen and oxygen atoms in total. The molecule has 1 saturated carbocycles. The Balaban J connectivity index is 1.26. The molecule has 2 aliphatic heterocycles. The maximum absolute atomic E-state index is 3.70. The van der Waals surface area contributed by atoms with Crippen LogP contribution in [0.25, 0.3) is 17.2 Å². The molecule has 6 aromatic rings. The Labute approximate surface area is 483 Å². The average Bonchev–Trinajstić information content (AvgIpc) is 2.85. The van der Waals surface area contributed by atoms with Crippen molar-refractivity contribution in [3.63, 3.8) is 0 Å². The van der Waals surface area contributed by atoms with Crippen molar-refractivity contribution >= 4 is 74.0 Å². The van der Waals surface area contributed by atoms with Crippen LogP contribution in [-0.4, -0.2) is 6.71 Å². The topological polar surface area (TPSA) is 6.48 Å². The zero-order valence-electron chi connectivity index (χ0n) is 52.5. The van der Waals surface area contributed by atoms with E-state index >= 15 is 0 Å². The first kappa shape index (κ1) is 54.6. The second-order valence-corrected chi connectivity index (χ2v) is 32.7. The summed E-state index contributed by atoms with van der Waals surface area (Å²) in [4.78, 5) is 7.17. The lowest BCUT2D eigenvalue weighted by Gasteiger charge is -2.50. The molecule has 0 amide bonds. The van der Waals surface area contributed by atoms with Gasteiger partial charge in [-0.3, -0.25) is 0 Å². The molecule has 79 heavy (non-hydrogen) atoms. The molecule has 3 heterocycles. The summed E-state index contributed by atoms with van der Waals surface area (Å²) >= 11 is 2.14. The van der Waals surface area contributed by atoms with Crippen LogP contribution < -0.4 is 25.5 Å². The zero-order chi connectivity index (χ0) is 56.7. The van der Waals surface area contributed by atoms with E-state index in [1.807, 2.05) is 6.07 Å². The average molecular weight is 1070 g/mol. The van der Waals surface area contributed by atoms with E-state index in [4.69, 9.17) is 0 Å². The highest BCUT2D eigenvalue weighted by Crippen LogP contribution is 2.60. The SMILES string of the molecule is CCCC(C)(C)c1cc(C)c(N2c3cc(C(C)(C)C)cc4c3B(c3cc5c(cc3N4c3cc4c(cc3-c3c#cccc3)C(C)(C)CCC4(C)C)C(C)(C)CCC5(C)C)c3sc4c(c32)CC2C(=C4)C(C)(C)CCC2(C)C)cc1CC. The molecule has 4 aliphatic carbocycles. The Bertz CT molecular complexity index is 3520. The molecule has 1 unspecified atom stereocenters. The molecule has 0 bridgehead atoms. The van der Waals surface area contributed by atoms with Crippen molar-refractivity contribution in [2.45, 2.75) is 235 Å². The molecule has 0 saturated heterocycles. The van der Waals surface area contributed by atoms with Crippen LogP contribution in [0.15, 0.2) is 72.3 Å². The molecule has 5 aromatic carbocycles. The number of rotatable bonds is 7. The Hall–Kier alpha value is -4.98. The van der Waals surface area contributed by atoms with Gasteiger partial charge in [0.2, 0.25) is 0 Å². The molecule has 412 valence electrons. The van der Waals surface area contributed by atoms with Gasteiger partial charge in [-0.1, -0.05) is 174 Å². The van der Waals surface area contributed by atoms with E-state index < -0.39 is 0 Å². The van der Waals surface area contributed by atoms with E-state index in [0.29, 0.717) is 5.92 Å². The zero-order valence-corrected chi connectivity index (χ0v) is 53.3. The lowest BCUT2D eigenvalue weighted by Crippen LogP contribution is -2.61. The fraction of sp³-hybridized carbons (Fsp3) is 0.520. The Morgan fingerprint density at radius 3 is 1.81 bits per heavy atom. The normalized spacial score (nSPS) is 21.3. The fourth-order valence-electron chi connectivity index (χ4n) is 16.3. The summed E-state index contributed by atoms with van der Waals surface area (Å²) < 4.78 is 1.52. The third-order valence-corrected chi connectivity index (χ3v) is 23.1. The van der Waals surface area contributed by atoms with Crippen molar-refractivity contribution in [2.24, 2.45) is 16.7 Å². The van der Waals surface area contributed by atoms with E-state index in [9.17, 15) is 0 Å². The summed E-state index contributed by atoms with van der Waals surface area (Å²) in [7, 11) is 0. The van der Waals surface area contributed by atoms with Gasteiger partial charge in [-0.2, -0.15) is 0 Å². The van der Waals surface area contributed by atoms with Crippen LogP contribution in [0.3, 0.4) is 0 Å². The van der Waals surface area contributed by atoms with Gasteiger partial charge in [-0.15, -0.1) is 11.3 Å². The summed E-state index contributed by atoms with van der Waals surface area (Å²) in [6.07, 6.45) is 14.3. The summed E-state index contributed by atoms with van der Waals surface area (Å²) in [5, 5.41) is 0. The van der Waals surface area contributed by atoms with E-state index in [2.05, 4.69) is 238 Å². The third-order valence-electron chi connectivity index (χ3n) is 21.8. The summed E-state index contributed by atoms with van der Waals surface area (Å²) in [6, 6.07) is 35.0. The molecular weight excluding hydrogens is 972 g/mol. The van der Waals surface area contributed by atoms with Gasteiger partial charge in [0.25, 0.3) is 6.71 Å². The number of aryl methyl sites for hydroxylation is 2. The van der Waals surface area contributed by atoms with Crippen molar-refractivity contribution in [2.75, 3.05) is 9.80 Å². The lowest BCUT2D eigenvalue weighted by atomic mass is 9.35. The second-order valence-electron chi connectivity index (χ2n) is 31.6. The highest BCUT2D eigenvalue weighted by atomic mass is 32.1. The number of nitrogens with zero attached hydrogens (tertiary/aromatic N) is 2. The van der Waals surface area contributed by atoms with Crippen LogP contribution >= 0.6 is 11.3 Å². The highest BCUT2D eigenvalue weighted by molar-refractivity contribution is 7.29. The first-order chi connectivity index (χ1) is 36.8. The van der Waals surface area contributed by atoms with Gasteiger partial charge in [-0.25, -0.2) is 0 Å². The van der Waals surface area contributed by atoms with E-state index in [-0.39, 0.29) is 50.0 Å². The number of anilines is 6. The standard InChI is InChI=1S/C75H93BN2S/c1-21-28-69(7,8)51-35-45(3)59(36-46(51)22-2)78-63-38-48(68(4,5)6)37-62-65(63)76(67-66(78)50-40-53-57(44-64(50)79-67)75(19,20)34-30-71(53,11)12)58-41-54-56(74(17,18)33-31-72(54,13)14)43-61(58)77(62)60-42-55-52(70(9,10)29-32-73(55,15)16)39-49(60)47-26-24-23-25-27-47/h23-24,26,35-39,41-44,53H,21-22,28-34,40H2,1-20H3. The minimum absolute atomic E-state index is 0.00327. The van der Waals surface area contributed by atoms with Crippen LogP contribution in [0.4, 0.5) is 34.1 Å². The molecule has 1 aromatic heterocycles. The summed E-state index contributed by atoms with van der Waals surface area (Å²) in [6.45, 7) is 49.8. The predicted octanol–water partition coefficient (Wildman–Crippen LogP) is 19.4. The molecule has 0 N–H and O–H groups in total. The van der Waals surface area contributed by atoms with Crippen LogP contribution in [0, 0.1) is 35.8 Å². The molecule has 6 aliphatic rings. The van der Waals surface area contributed by atoms with E-state index in [1.54, 1.807) is 11.1 Å². The van der Waals surface area contributed by atoms with Crippen molar-refractivity contribution < 1.29 is 0 Å². The number of hydrogen-bond acceptors (Lipinski definition) is 3. The minimum atomic E-state index is -0.144. The quantitative estimate of drug-likeness (QED) is 0.147. The number of allylic oxidation sites excluding steroid dienone is 1. The maximum atomic E-state index is 3.70. The number of thiophene rings is 1. The predicted molar refractivity (Wildman–Crippen MR) is 345 cm³/mol. The Kier molecular flexibility index (Phi) is 12.3. The summed E-state index contributed by atoms with van der Waals surface area (Å²) in [5.74, 6) is 0.486.